The van der Waals surface area contributed by atoms with Crippen LogP contribution < -0.4 is 5.32 Å². The number of carbonyl (C=O) groups is 2. The minimum absolute atomic E-state index is 0.0522. The first kappa shape index (κ1) is 13.8. The first-order valence-electron chi connectivity index (χ1n) is 5.16. The van der Waals surface area contributed by atoms with Gasteiger partial charge in [0, 0.05) is 19.0 Å². The maximum Gasteiger partial charge on any atom is 0.244 e. The molecule has 0 saturated carbocycles. The molecule has 0 aromatic rings. The fraction of sp³-hybridized carbons (Fsp3) is 0.636. The van der Waals surface area contributed by atoms with Crippen molar-refractivity contribution in [3.63, 3.8) is 0 Å². The SMILES string of the molecule is CCC(=O)/C=C\C(=O)NCCOC(C)C. The van der Waals surface area contributed by atoms with Crippen molar-refractivity contribution in [1.82, 2.24) is 5.32 Å². The molecule has 0 radical (unpaired) electrons. The van der Waals surface area contributed by atoms with Crippen molar-refractivity contribution >= 4 is 11.7 Å². The molecule has 0 aliphatic heterocycles. The van der Waals surface area contributed by atoms with Gasteiger partial charge in [-0.15, -0.1) is 0 Å². The summed E-state index contributed by atoms with van der Waals surface area (Å²) in [4.78, 5) is 21.9. The Kier molecular flexibility index (Phi) is 7.54. The molecule has 0 atom stereocenters. The molecule has 1 N–H and O–H groups in total. The van der Waals surface area contributed by atoms with E-state index in [0.29, 0.717) is 19.6 Å². The zero-order valence-corrected chi connectivity index (χ0v) is 9.58. The quantitative estimate of drug-likeness (QED) is 0.508. The Morgan fingerprint density at radius 2 is 2.00 bits per heavy atom. The van der Waals surface area contributed by atoms with Crippen LogP contribution in [0.4, 0.5) is 0 Å². The Morgan fingerprint density at radius 3 is 2.53 bits per heavy atom. The van der Waals surface area contributed by atoms with Crippen LogP contribution in [-0.2, 0) is 14.3 Å². The van der Waals surface area contributed by atoms with Gasteiger partial charge in [-0.05, 0) is 19.9 Å². The summed E-state index contributed by atoms with van der Waals surface area (Å²) in [5.74, 6) is -0.312. The van der Waals surface area contributed by atoms with Crippen LogP contribution in [0, 0.1) is 0 Å². The van der Waals surface area contributed by atoms with Crippen LogP contribution in [0.1, 0.15) is 27.2 Å². The summed E-state index contributed by atoms with van der Waals surface area (Å²) in [5, 5.41) is 2.61. The van der Waals surface area contributed by atoms with Crippen molar-refractivity contribution in [2.24, 2.45) is 0 Å². The molecule has 86 valence electrons. The normalized spacial score (nSPS) is 10.9. The summed E-state index contributed by atoms with van der Waals surface area (Å²) in [6, 6.07) is 0. The molecular weight excluding hydrogens is 194 g/mol. The zero-order chi connectivity index (χ0) is 11.7. The molecule has 0 aliphatic carbocycles. The van der Waals surface area contributed by atoms with Gasteiger partial charge in [-0.25, -0.2) is 0 Å². The summed E-state index contributed by atoms with van der Waals surface area (Å²) in [6.07, 6.45) is 3.12. The Labute approximate surface area is 90.7 Å². The molecule has 0 fully saturated rings. The molecule has 0 bridgehead atoms. The first-order valence-corrected chi connectivity index (χ1v) is 5.16. The molecule has 0 spiro atoms. The fourth-order valence-corrected chi connectivity index (χ4v) is 0.814. The van der Waals surface area contributed by atoms with Gasteiger partial charge in [-0.3, -0.25) is 9.59 Å². The highest BCUT2D eigenvalue weighted by Gasteiger charge is 1.97. The number of rotatable bonds is 7. The van der Waals surface area contributed by atoms with E-state index in [-0.39, 0.29) is 17.8 Å². The number of hydrogen-bond acceptors (Lipinski definition) is 3. The van der Waals surface area contributed by atoms with Gasteiger partial charge in [0.05, 0.1) is 12.7 Å². The molecule has 4 heteroatoms. The zero-order valence-electron chi connectivity index (χ0n) is 9.58. The Balaban J connectivity index is 3.58. The number of amides is 1. The van der Waals surface area contributed by atoms with Crippen LogP contribution in [-0.4, -0.2) is 30.9 Å². The minimum atomic E-state index is -0.260. The van der Waals surface area contributed by atoms with E-state index in [4.69, 9.17) is 4.74 Å². The standard InChI is InChI=1S/C11H19NO3/c1-4-10(13)5-6-11(14)12-7-8-15-9(2)3/h5-6,9H,4,7-8H2,1-3H3,(H,12,14)/b6-5-. The third-order valence-electron chi connectivity index (χ3n) is 1.62. The van der Waals surface area contributed by atoms with E-state index >= 15 is 0 Å². The average Bonchev–Trinajstić information content (AvgIpc) is 2.20. The summed E-state index contributed by atoms with van der Waals surface area (Å²) in [6.45, 7) is 6.56. The van der Waals surface area contributed by atoms with Gasteiger partial charge in [0.2, 0.25) is 5.91 Å². The summed E-state index contributed by atoms with van der Waals surface area (Å²) < 4.78 is 5.23. The number of carbonyl (C=O) groups excluding carboxylic acids is 2. The summed E-state index contributed by atoms with van der Waals surface area (Å²) in [7, 11) is 0. The largest absolute Gasteiger partial charge is 0.377 e. The predicted octanol–water partition coefficient (Wildman–Crippen LogP) is 1.06. The average molecular weight is 213 g/mol. The van der Waals surface area contributed by atoms with Crippen molar-refractivity contribution in [3.8, 4) is 0 Å². The third-order valence-corrected chi connectivity index (χ3v) is 1.62. The van der Waals surface area contributed by atoms with Crippen LogP contribution >= 0.6 is 0 Å². The van der Waals surface area contributed by atoms with Crippen molar-refractivity contribution in [3.05, 3.63) is 12.2 Å². The molecule has 4 nitrogen and oxygen atoms in total. The Morgan fingerprint density at radius 1 is 1.33 bits per heavy atom. The van der Waals surface area contributed by atoms with Crippen molar-refractivity contribution in [2.75, 3.05) is 13.2 Å². The van der Waals surface area contributed by atoms with Crippen LogP contribution in [0.5, 0.6) is 0 Å². The maximum absolute atomic E-state index is 11.1. The van der Waals surface area contributed by atoms with Gasteiger partial charge in [-0.2, -0.15) is 0 Å². The van der Waals surface area contributed by atoms with E-state index in [2.05, 4.69) is 5.32 Å². The number of allylic oxidation sites excluding steroid dienone is 1. The molecule has 0 saturated heterocycles. The lowest BCUT2D eigenvalue weighted by atomic mass is 10.3. The van der Waals surface area contributed by atoms with Crippen LogP contribution in [0.15, 0.2) is 12.2 Å². The number of nitrogens with one attached hydrogen (secondary N) is 1. The van der Waals surface area contributed by atoms with E-state index in [9.17, 15) is 9.59 Å². The fourth-order valence-electron chi connectivity index (χ4n) is 0.814. The van der Waals surface area contributed by atoms with E-state index in [0.717, 1.165) is 0 Å². The molecule has 15 heavy (non-hydrogen) atoms. The van der Waals surface area contributed by atoms with Crippen molar-refractivity contribution < 1.29 is 14.3 Å². The molecule has 0 aliphatic rings. The number of hydrogen-bond donors (Lipinski definition) is 1. The summed E-state index contributed by atoms with van der Waals surface area (Å²) >= 11 is 0. The van der Waals surface area contributed by atoms with E-state index in [1.807, 2.05) is 13.8 Å². The number of ether oxygens (including phenoxy) is 1. The van der Waals surface area contributed by atoms with Crippen molar-refractivity contribution in [1.29, 1.82) is 0 Å². The highest BCUT2D eigenvalue weighted by Crippen LogP contribution is 1.86. The van der Waals surface area contributed by atoms with Gasteiger partial charge in [0.15, 0.2) is 5.78 Å². The highest BCUT2D eigenvalue weighted by atomic mass is 16.5. The second kappa shape index (κ2) is 8.17. The number of ketones is 1. The minimum Gasteiger partial charge on any atom is -0.377 e. The van der Waals surface area contributed by atoms with Gasteiger partial charge < -0.3 is 10.1 Å². The molecule has 0 aromatic heterocycles. The lowest BCUT2D eigenvalue weighted by Gasteiger charge is -2.06. The second-order valence-corrected chi connectivity index (χ2v) is 3.36. The van der Waals surface area contributed by atoms with Crippen LogP contribution in [0.2, 0.25) is 0 Å². The predicted molar refractivity (Wildman–Crippen MR) is 58.5 cm³/mol. The molecule has 0 rings (SSSR count). The lowest BCUT2D eigenvalue weighted by Crippen LogP contribution is -2.26. The van der Waals surface area contributed by atoms with Gasteiger partial charge in [0.1, 0.15) is 0 Å². The second-order valence-electron chi connectivity index (χ2n) is 3.36. The smallest absolute Gasteiger partial charge is 0.244 e. The van der Waals surface area contributed by atoms with Gasteiger partial charge in [0.25, 0.3) is 0 Å². The maximum atomic E-state index is 11.1. The third kappa shape index (κ3) is 9.15. The van der Waals surface area contributed by atoms with Crippen LogP contribution in [0.25, 0.3) is 0 Å². The lowest BCUT2D eigenvalue weighted by molar-refractivity contribution is -0.118. The van der Waals surface area contributed by atoms with Gasteiger partial charge >= 0.3 is 0 Å². The van der Waals surface area contributed by atoms with E-state index in [1.54, 1.807) is 6.92 Å². The Bertz CT molecular complexity index is 234. The molecule has 0 unspecified atom stereocenters. The topological polar surface area (TPSA) is 55.4 Å². The Hall–Kier alpha value is -1.16. The van der Waals surface area contributed by atoms with E-state index in [1.165, 1.54) is 12.2 Å². The molecular formula is C11H19NO3. The first-order chi connectivity index (χ1) is 7.06. The molecule has 1 amide bonds. The van der Waals surface area contributed by atoms with Crippen LogP contribution in [0.3, 0.4) is 0 Å². The monoisotopic (exact) mass is 213 g/mol. The summed E-state index contributed by atoms with van der Waals surface area (Å²) in [5.41, 5.74) is 0. The van der Waals surface area contributed by atoms with E-state index < -0.39 is 0 Å². The molecule has 0 heterocycles. The van der Waals surface area contributed by atoms with Crippen molar-refractivity contribution in [2.45, 2.75) is 33.3 Å². The van der Waals surface area contributed by atoms with Gasteiger partial charge in [-0.1, -0.05) is 6.92 Å². The highest BCUT2D eigenvalue weighted by molar-refractivity contribution is 5.97. The molecule has 0 aromatic carbocycles.